The highest BCUT2D eigenvalue weighted by molar-refractivity contribution is 5.77. The Balaban J connectivity index is 1.34. The fraction of sp³-hybridized carbons (Fsp3) is 0.444. The fourth-order valence-electron chi connectivity index (χ4n) is 4.87. The molecule has 3 aliphatic rings. The van der Waals surface area contributed by atoms with E-state index in [4.69, 9.17) is 9.72 Å². The van der Waals surface area contributed by atoms with Gasteiger partial charge in [-0.2, -0.15) is 4.98 Å². The van der Waals surface area contributed by atoms with Gasteiger partial charge in [0.1, 0.15) is 5.65 Å². The summed E-state index contributed by atoms with van der Waals surface area (Å²) >= 11 is 0. The van der Waals surface area contributed by atoms with Crippen LogP contribution in [-0.4, -0.2) is 40.8 Å². The predicted molar refractivity (Wildman–Crippen MR) is 132 cm³/mol. The van der Waals surface area contributed by atoms with Crippen molar-refractivity contribution in [2.24, 2.45) is 5.92 Å². The van der Waals surface area contributed by atoms with Crippen molar-refractivity contribution in [1.29, 1.82) is 0 Å². The Bertz CT molecular complexity index is 1310. The number of aromatic nitrogens is 3. The molecule has 1 saturated carbocycles. The summed E-state index contributed by atoms with van der Waals surface area (Å²) in [6.07, 6.45) is 6.81. The predicted octanol–water partition coefficient (Wildman–Crippen LogP) is 3.73. The first-order valence-corrected chi connectivity index (χ1v) is 12.3. The van der Waals surface area contributed by atoms with Gasteiger partial charge >= 0.3 is 0 Å². The van der Waals surface area contributed by atoms with Gasteiger partial charge in [0.15, 0.2) is 0 Å². The maximum atomic E-state index is 13.5. The third-order valence-corrected chi connectivity index (χ3v) is 7.02. The summed E-state index contributed by atoms with van der Waals surface area (Å²) in [5.74, 6) is 7.87. The Kier molecular flexibility index (Phi) is 5.78. The Labute approximate surface area is 199 Å². The number of anilines is 2. The summed E-state index contributed by atoms with van der Waals surface area (Å²) < 4.78 is 7.38. The Morgan fingerprint density at radius 2 is 1.91 bits per heavy atom. The SMILES string of the molecule is O=c1c(C#CC2CC2)cc2cnc(Nc3ccc(C4CCNC4)cc3)nc2n1C1CCOCC1. The number of pyridine rings is 1. The molecule has 7 heteroatoms. The molecule has 0 spiro atoms. The zero-order valence-electron chi connectivity index (χ0n) is 19.2. The van der Waals surface area contributed by atoms with Crippen LogP contribution in [-0.2, 0) is 4.74 Å². The first kappa shape index (κ1) is 21.3. The van der Waals surface area contributed by atoms with Crippen LogP contribution < -0.4 is 16.2 Å². The summed E-state index contributed by atoms with van der Waals surface area (Å²) in [6.45, 7) is 3.42. The van der Waals surface area contributed by atoms with E-state index in [1.54, 1.807) is 6.20 Å². The number of nitrogens with zero attached hydrogens (tertiary/aromatic N) is 3. The second-order valence-electron chi connectivity index (χ2n) is 9.53. The number of benzene rings is 1. The molecule has 1 atom stereocenters. The molecule has 2 saturated heterocycles. The zero-order valence-corrected chi connectivity index (χ0v) is 19.2. The van der Waals surface area contributed by atoms with Crippen molar-refractivity contribution >= 4 is 22.7 Å². The minimum absolute atomic E-state index is 0.0495. The van der Waals surface area contributed by atoms with Crippen LogP contribution in [0.2, 0.25) is 0 Å². The van der Waals surface area contributed by atoms with E-state index < -0.39 is 0 Å². The van der Waals surface area contributed by atoms with Gasteiger partial charge in [0, 0.05) is 49.0 Å². The standard InChI is InChI=1S/C27H29N5O2/c33-26-20(4-3-18-1-2-18)15-22-17-29-27(31-25(22)32(26)24-10-13-34-14-11-24)30-23-7-5-19(6-8-23)21-9-12-28-16-21/h5-8,15,17-18,21,24,28H,1-2,9-14,16H2,(H,29,30,31). The van der Waals surface area contributed by atoms with Crippen molar-refractivity contribution in [2.45, 2.75) is 44.1 Å². The molecule has 0 bridgehead atoms. The van der Waals surface area contributed by atoms with Crippen molar-refractivity contribution in [3.63, 3.8) is 0 Å². The Hall–Kier alpha value is -3.21. The van der Waals surface area contributed by atoms with Gasteiger partial charge in [-0.25, -0.2) is 4.98 Å². The molecule has 2 N–H and O–H groups in total. The number of hydrogen-bond acceptors (Lipinski definition) is 6. The number of nitrogens with one attached hydrogen (secondary N) is 2. The minimum atomic E-state index is -0.0632. The lowest BCUT2D eigenvalue weighted by atomic mass is 9.98. The van der Waals surface area contributed by atoms with Gasteiger partial charge in [-0.05, 0) is 68.3 Å². The molecule has 0 amide bonds. The molecule has 0 radical (unpaired) electrons. The number of hydrogen-bond donors (Lipinski definition) is 2. The first-order valence-electron chi connectivity index (χ1n) is 12.3. The molecule has 4 heterocycles. The summed E-state index contributed by atoms with van der Waals surface area (Å²) in [6, 6.07) is 10.4. The number of rotatable bonds is 4. The first-order chi connectivity index (χ1) is 16.7. The molecule has 1 aliphatic carbocycles. The van der Waals surface area contributed by atoms with Crippen molar-refractivity contribution in [3.05, 3.63) is 58.0 Å². The normalized spacial score (nSPS) is 20.8. The Morgan fingerprint density at radius 1 is 1.09 bits per heavy atom. The van der Waals surface area contributed by atoms with Crippen LogP contribution in [0.5, 0.6) is 0 Å². The maximum Gasteiger partial charge on any atom is 0.268 e. The average molecular weight is 456 g/mol. The van der Waals surface area contributed by atoms with E-state index in [9.17, 15) is 4.79 Å². The largest absolute Gasteiger partial charge is 0.381 e. The monoisotopic (exact) mass is 455 g/mol. The van der Waals surface area contributed by atoms with Gasteiger partial charge in [0.2, 0.25) is 5.95 Å². The van der Waals surface area contributed by atoms with Gasteiger partial charge in [-0.3, -0.25) is 9.36 Å². The highest BCUT2D eigenvalue weighted by Crippen LogP contribution is 2.28. The van der Waals surface area contributed by atoms with Gasteiger partial charge in [-0.1, -0.05) is 24.0 Å². The molecule has 7 nitrogen and oxygen atoms in total. The topological polar surface area (TPSA) is 81.1 Å². The smallest absolute Gasteiger partial charge is 0.268 e. The highest BCUT2D eigenvalue weighted by atomic mass is 16.5. The number of fused-ring (bicyclic) bond motifs is 1. The lowest BCUT2D eigenvalue weighted by molar-refractivity contribution is 0.0697. The molecule has 34 heavy (non-hydrogen) atoms. The van der Waals surface area contributed by atoms with E-state index in [0.29, 0.717) is 42.2 Å². The highest BCUT2D eigenvalue weighted by Gasteiger charge is 2.23. The molecule has 1 unspecified atom stereocenters. The van der Waals surface area contributed by atoms with E-state index in [2.05, 4.69) is 51.7 Å². The van der Waals surface area contributed by atoms with E-state index in [-0.39, 0.29) is 11.6 Å². The summed E-state index contributed by atoms with van der Waals surface area (Å²) in [5, 5.41) is 7.57. The van der Waals surface area contributed by atoms with Crippen molar-refractivity contribution in [3.8, 4) is 11.8 Å². The van der Waals surface area contributed by atoms with Crippen molar-refractivity contribution < 1.29 is 4.74 Å². The van der Waals surface area contributed by atoms with E-state index in [0.717, 1.165) is 49.8 Å². The van der Waals surface area contributed by atoms with Crippen molar-refractivity contribution in [2.75, 3.05) is 31.6 Å². The van der Waals surface area contributed by atoms with E-state index in [1.165, 1.54) is 12.0 Å². The molecule has 6 rings (SSSR count). The third kappa shape index (κ3) is 4.44. The van der Waals surface area contributed by atoms with Gasteiger partial charge in [-0.15, -0.1) is 0 Å². The lowest BCUT2D eigenvalue weighted by Gasteiger charge is -2.25. The summed E-state index contributed by atoms with van der Waals surface area (Å²) in [4.78, 5) is 22.8. The second-order valence-corrected chi connectivity index (χ2v) is 9.53. The van der Waals surface area contributed by atoms with Crippen LogP contribution in [0.15, 0.2) is 41.3 Å². The maximum absolute atomic E-state index is 13.5. The molecule has 2 aliphatic heterocycles. The van der Waals surface area contributed by atoms with Crippen LogP contribution in [0.25, 0.3) is 11.0 Å². The van der Waals surface area contributed by atoms with Crippen LogP contribution in [0.3, 0.4) is 0 Å². The second kappa shape index (κ2) is 9.21. The molecular formula is C27H29N5O2. The molecule has 3 fully saturated rings. The van der Waals surface area contributed by atoms with Crippen LogP contribution in [0, 0.1) is 17.8 Å². The van der Waals surface area contributed by atoms with Crippen LogP contribution >= 0.6 is 0 Å². The Morgan fingerprint density at radius 3 is 2.65 bits per heavy atom. The summed E-state index contributed by atoms with van der Waals surface area (Å²) in [7, 11) is 0. The van der Waals surface area contributed by atoms with Gasteiger partial charge in [0.25, 0.3) is 5.56 Å². The lowest BCUT2D eigenvalue weighted by Crippen LogP contribution is -2.31. The molecule has 2 aromatic heterocycles. The van der Waals surface area contributed by atoms with Crippen LogP contribution in [0.1, 0.15) is 55.2 Å². The summed E-state index contributed by atoms with van der Waals surface area (Å²) in [5.41, 5.74) is 3.41. The molecular weight excluding hydrogens is 426 g/mol. The average Bonchev–Trinajstić information content (AvgIpc) is 3.54. The molecule has 1 aromatic carbocycles. The quantitative estimate of drug-likeness (QED) is 0.584. The van der Waals surface area contributed by atoms with E-state index in [1.807, 2.05) is 10.6 Å². The zero-order chi connectivity index (χ0) is 22.9. The van der Waals surface area contributed by atoms with Gasteiger partial charge in [0.05, 0.1) is 5.56 Å². The molecule has 174 valence electrons. The molecule has 3 aromatic rings. The van der Waals surface area contributed by atoms with Crippen molar-refractivity contribution in [1.82, 2.24) is 19.9 Å². The fourth-order valence-corrected chi connectivity index (χ4v) is 4.87. The van der Waals surface area contributed by atoms with Crippen LogP contribution in [0.4, 0.5) is 11.6 Å². The van der Waals surface area contributed by atoms with E-state index >= 15 is 0 Å². The third-order valence-electron chi connectivity index (χ3n) is 7.02. The van der Waals surface area contributed by atoms with Gasteiger partial charge < -0.3 is 15.4 Å². The minimum Gasteiger partial charge on any atom is -0.381 e. The number of ether oxygens (including phenoxy) is 1.